The maximum Gasteiger partial charge on any atom is 0.251 e. The van der Waals surface area contributed by atoms with Gasteiger partial charge in [0.2, 0.25) is 0 Å². The smallest absolute Gasteiger partial charge is 0.251 e. The Morgan fingerprint density at radius 1 is 1.21 bits per heavy atom. The molecule has 1 unspecified atom stereocenters. The second kappa shape index (κ2) is 4.12. The standard InChI is InChI=1S/C7H9F3N4/c8-2-3(6(9)10)7-13-4(11)1-5(12)14-7/h1,3,6H,2H2,(H4,11,12,13,14). The van der Waals surface area contributed by atoms with Gasteiger partial charge in [-0.15, -0.1) is 0 Å². The third kappa shape index (κ3) is 2.24. The van der Waals surface area contributed by atoms with Gasteiger partial charge in [-0.05, 0) is 0 Å². The number of hydrogen-bond donors (Lipinski definition) is 2. The summed E-state index contributed by atoms with van der Waals surface area (Å²) in [5.74, 6) is -2.13. The van der Waals surface area contributed by atoms with E-state index in [1.54, 1.807) is 0 Å². The van der Waals surface area contributed by atoms with Gasteiger partial charge in [0, 0.05) is 6.07 Å². The van der Waals surface area contributed by atoms with Gasteiger partial charge in [-0.3, -0.25) is 4.39 Å². The van der Waals surface area contributed by atoms with Crippen molar-refractivity contribution in [1.82, 2.24) is 9.97 Å². The van der Waals surface area contributed by atoms with Gasteiger partial charge in [0.1, 0.15) is 30.1 Å². The topological polar surface area (TPSA) is 77.8 Å². The summed E-state index contributed by atoms with van der Waals surface area (Å²) in [6.45, 7) is -1.25. The predicted molar refractivity (Wildman–Crippen MR) is 45.6 cm³/mol. The van der Waals surface area contributed by atoms with Crippen LogP contribution in [0.15, 0.2) is 6.07 Å². The van der Waals surface area contributed by atoms with E-state index in [4.69, 9.17) is 11.5 Å². The molecule has 0 aliphatic rings. The summed E-state index contributed by atoms with van der Waals surface area (Å²) in [5, 5.41) is 0. The SMILES string of the molecule is Nc1cc(N)nc(C(CF)C(F)F)n1. The van der Waals surface area contributed by atoms with E-state index in [2.05, 4.69) is 9.97 Å². The van der Waals surface area contributed by atoms with Crippen molar-refractivity contribution in [2.75, 3.05) is 18.1 Å². The second-order valence-corrected chi connectivity index (χ2v) is 2.67. The molecule has 1 aromatic rings. The van der Waals surface area contributed by atoms with E-state index in [1.807, 2.05) is 0 Å². The molecule has 1 rings (SSSR count). The van der Waals surface area contributed by atoms with Gasteiger partial charge in [0.05, 0.1) is 0 Å². The Kier molecular flexibility index (Phi) is 3.10. The summed E-state index contributed by atoms with van der Waals surface area (Å²) < 4.78 is 36.7. The van der Waals surface area contributed by atoms with Gasteiger partial charge in [0.25, 0.3) is 6.43 Å². The van der Waals surface area contributed by atoms with Crippen LogP contribution in [0.4, 0.5) is 24.8 Å². The monoisotopic (exact) mass is 206 g/mol. The lowest BCUT2D eigenvalue weighted by atomic mass is 10.1. The summed E-state index contributed by atoms with van der Waals surface area (Å²) in [6, 6.07) is 1.21. The van der Waals surface area contributed by atoms with Crippen molar-refractivity contribution in [2.45, 2.75) is 12.3 Å². The molecule has 0 spiro atoms. The zero-order valence-corrected chi connectivity index (χ0v) is 7.12. The highest BCUT2D eigenvalue weighted by Crippen LogP contribution is 2.22. The van der Waals surface area contributed by atoms with E-state index in [9.17, 15) is 13.2 Å². The van der Waals surface area contributed by atoms with Crippen molar-refractivity contribution in [3.05, 3.63) is 11.9 Å². The fraction of sp³-hybridized carbons (Fsp3) is 0.429. The molecule has 0 aromatic carbocycles. The zero-order chi connectivity index (χ0) is 10.7. The Bertz CT molecular complexity index is 298. The molecule has 0 radical (unpaired) electrons. The Balaban J connectivity index is 3.04. The Hall–Kier alpha value is -1.53. The Morgan fingerprint density at radius 3 is 2.07 bits per heavy atom. The number of anilines is 2. The predicted octanol–water partition coefficient (Wildman–Crippen LogP) is 0.959. The largest absolute Gasteiger partial charge is 0.384 e. The van der Waals surface area contributed by atoms with Crippen molar-refractivity contribution >= 4 is 11.6 Å². The van der Waals surface area contributed by atoms with E-state index in [-0.39, 0.29) is 17.5 Å². The molecule has 1 atom stereocenters. The quantitative estimate of drug-likeness (QED) is 0.772. The maximum absolute atomic E-state index is 12.2. The molecule has 1 aromatic heterocycles. The number of hydrogen-bond acceptors (Lipinski definition) is 4. The van der Waals surface area contributed by atoms with Crippen molar-refractivity contribution in [3.8, 4) is 0 Å². The van der Waals surface area contributed by atoms with Gasteiger partial charge in [0.15, 0.2) is 0 Å². The van der Waals surface area contributed by atoms with Gasteiger partial charge in [-0.1, -0.05) is 0 Å². The molecule has 0 aliphatic heterocycles. The molecule has 1 heterocycles. The van der Waals surface area contributed by atoms with Crippen LogP contribution < -0.4 is 11.5 Å². The molecule has 0 aliphatic carbocycles. The zero-order valence-electron chi connectivity index (χ0n) is 7.12. The molecule has 0 saturated heterocycles. The molecule has 4 N–H and O–H groups in total. The van der Waals surface area contributed by atoms with Crippen LogP contribution >= 0.6 is 0 Å². The third-order valence-electron chi connectivity index (χ3n) is 1.59. The van der Waals surface area contributed by atoms with E-state index < -0.39 is 19.0 Å². The van der Waals surface area contributed by atoms with Crippen LogP contribution in [0.3, 0.4) is 0 Å². The molecule has 0 bridgehead atoms. The van der Waals surface area contributed by atoms with Crippen molar-refractivity contribution < 1.29 is 13.2 Å². The lowest BCUT2D eigenvalue weighted by Crippen LogP contribution is -2.16. The number of alkyl halides is 3. The van der Waals surface area contributed by atoms with Crippen molar-refractivity contribution in [2.24, 2.45) is 0 Å². The summed E-state index contributed by atoms with van der Waals surface area (Å²) in [6.07, 6.45) is -2.87. The van der Waals surface area contributed by atoms with Crippen LogP contribution in [-0.2, 0) is 0 Å². The van der Waals surface area contributed by atoms with E-state index in [0.29, 0.717) is 0 Å². The van der Waals surface area contributed by atoms with Crippen LogP contribution in [0.5, 0.6) is 0 Å². The molecule has 78 valence electrons. The highest BCUT2D eigenvalue weighted by Gasteiger charge is 2.25. The molecule has 0 amide bonds. The molecular weight excluding hydrogens is 197 g/mol. The Morgan fingerprint density at radius 2 is 1.71 bits per heavy atom. The first kappa shape index (κ1) is 10.6. The van der Waals surface area contributed by atoms with Crippen LogP contribution in [0.2, 0.25) is 0 Å². The molecule has 0 saturated carbocycles. The first-order chi connectivity index (χ1) is 6.54. The number of halogens is 3. The highest BCUT2D eigenvalue weighted by molar-refractivity contribution is 5.41. The van der Waals surface area contributed by atoms with Crippen LogP contribution in [-0.4, -0.2) is 23.1 Å². The number of nitrogens with zero attached hydrogens (tertiary/aromatic N) is 2. The van der Waals surface area contributed by atoms with Crippen molar-refractivity contribution in [1.29, 1.82) is 0 Å². The van der Waals surface area contributed by atoms with E-state index >= 15 is 0 Å². The molecule has 14 heavy (non-hydrogen) atoms. The van der Waals surface area contributed by atoms with Crippen LogP contribution in [0.1, 0.15) is 11.7 Å². The van der Waals surface area contributed by atoms with Gasteiger partial charge in [-0.2, -0.15) is 0 Å². The minimum absolute atomic E-state index is 0.0494. The number of rotatable bonds is 3. The summed E-state index contributed by atoms with van der Waals surface area (Å²) in [4.78, 5) is 6.99. The second-order valence-electron chi connectivity index (χ2n) is 2.67. The van der Waals surface area contributed by atoms with Gasteiger partial charge in [-0.25, -0.2) is 18.7 Å². The number of nitrogen functional groups attached to an aromatic ring is 2. The molecule has 4 nitrogen and oxygen atoms in total. The van der Waals surface area contributed by atoms with Gasteiger partial charge >= 0.3 is 0 Å². The maximum atomic E-state index is 12.2. The molecule has 0 fully saturated rings. The average molecular weight is 206 g/mol. The summed E-state index contributed by atoms with van der Waals surface area (Å²) >= 11 is 0. The van der Waals surface area contributed by atoms with Crippen LogP contribution in [0.25, 0.3) is 0 Å². The minimum Gasteiger partial charge on any atom is -0.384 e. The average Bonchev–Trinajstić information content (AvgIpc) is 2.02. The van der Waals surface area contributed by atoms with Gasteiger partial charge < -0.3 is 11.5 Å². The summed E-state index contributed by atoms with van der Waals surface area (Å²) in [5.41, 5.74) is 10.5. The van der Waals surface area contributed by atoms with E-state index in [0.717, 1.165) is 0 Å². The minimum atomic E-state index is -2.87. The highest BCUT2D eigenvalue weighted by atomic mass is 19.3. The molecule has 7 heteroatoms. The van der Waals surface area contributed by atoms with Crippen molar-refractivity contribution in [3.63, 3.8) is 0 Å². The fourth-order valence-electron chi connectivity index (χ4n) is 0.920. The third-order valence-corrected chi connectivity index (χ3v) is 1.59. The number of nitrogens with two attached hydrogens (primary N) is 2. The van der Waals surface area contributed by atoms with E-state index in [1.165, 1.54) is 6.07 Å². The first-order valence-electron chi connectivity index (χ1n) is 3.78. The summed E-state index contributed by atoms with van der Waals surface area (Å²) in [7, 11) is 0. The van der Waals surface area contributed by atoms with Crippen LogP contribution in [0, 0.1) is 0 Å². The normalized spacial score (nSPS) is 13.1. The fourth-order valence-corrected chi connectivity index (χ4v) is 0.920. The molecular formula is C7H9F3N4. The first-order valence-corrected chi connectivity index (χ1v) is 3.78. The Labute approximate surface area is 78.1 Å². The number of aromatic nitrogens is 2. The lowest BCUT2D eigenvalue weighted by Gasteiger charge is -2.10. The lowest BCUT2D eigenvalue weighted by molar-refractivity contribution is 0.0974.